The minimum atomic E-state index is -4.29. The van der Waals surface area contributed by atoms with Gasteiger partial charge in [-0.05, 0) is 60.7 Å². The molecule has 3 aliphatic heterocycles. The number of Topliss-reactive ketones (excluding diaryl/α,β-unsaturated/α-hetero) is 2. The number of carbonyl (C=O) groups excluding carboxylic acids is 4. The second-order valence-electron chi connectivity index (χ2n) is 13.0. The van der Waals surface area contributed by atoms with Crippen molar-refractivity contribution in [1.82, 2.24) is 9.80 Å². The molecule has 1 aliphatic carbocycles. The first-order valence-electron chi connectivity index (χ1n) is 16.3. The van der Waals surface area contributed by atoms with Crippen LogP contribution in [0, 0.1) is 0 Å². The van der Waals surface area contributed by atoms with E-state index < -0.39 is 37.8 Å². The number of thioether (sulfide) groups is 2. The Bertz CT molecular complexity index is 2020. The largest absolute Gasteiger partial charge is 0.322 e. The molecule has 2 amide bonds. The molecule has 3 heterocycles. The summed E-state index contributed by atoms with van der Waals surface area (Å²) in [4.78, 5) is 55.8. The maximum absolute atomic E-state index is 15.2. The predicted octanol–water partition coefficient (Wildman–Crippen LogP) is 5.25. The smallest absolute Gasteiger partial charge is 0.266 e. The van der Waals surface area contributed by atoms with Crippen LogP contribution >= 0.6 is 23.5 Å². The molecule has 7 rings (SSSR count). The minimum Gasteiger partial charge on any atom is -0.322 e. The number of fused-ring (bicyclic) bond motifs is 6. The molecule has 0 saturated carbocycles. The fourth-order valence-corrected chi connectivity index (χ4v) is 12.5. The predicted molar refractivity (Wildman–Crippen MR) is 192 cm³/mol. The Hall–Kier alpha value is -3.87. The molecular formula is C37H37N3O6S3. The van der Waals surface area contributed by atoms with Crippen LogP contribution < -0.4 is 4.31 Å². The summed E-state index contributed by atoms with van der Waals surface area (Å²) in [6.45, 7) is 2.98. The number of hydrogen-bond donors (Lipinski definition) is 0. The van der Waals surface area contributed by atoms with Gasteiger partial charge in [0.1, 0.15) is 17.7 Å². The maximum atomic E-state index is 15.2. The summed E-state index contributed by atoms with van der Waals surface area (Å²) < 4.78 is 31.3. The van der Waals surface area contributed by atoms with E-state index in [-0.39, 0.29) is 47.4 Å². The second-order valence-corrected chi connectivity index (χ2v) is 17.4. The number of benzene rings is 3. The molecule has 2 fully saturated rings. The molecule has 0 bridgehead atoms. The van der Waals surface area contributed by atoms with Gasteiger partial charge in [-0.2, -0.15) is 0 Å². The van der Waals surface area contributed by atoms with Crippen molar-refractivity contribution >= 4 is 68.2 Å². The van der Waals surface area contributed by atoms with Crippen LogP contribution in [0.4, 0.5) is 5.69 Å². The number of anilines is 1. The molecule has 0 aromatic heterocycles. The van der Waals surface area contributed by atoms with Crippen LogP contribution in [0.1, 0.15) is 49.8 Å². The lowest BCUT2D eigenvalue weighted by molar-refractivity contribution is -0.157. The summed E-state index contributed by atoms with van der Waals surface area (Å²) in [5.41, 5.74) is 3.00. The summed E-state index contributed by atoms with van der Waals surface area (Å²) in [6.07, 6.45) is 2.16. The number of carbonyl (C=O) groups is 4. The quantitative estimate of drug-likeness (QED) is 0.265. The highest BCUT2D eigenvalue weighted by molar-refractivity contribution is 8.01. The van der Waals surface area contributed by atoms with Crippen molar-refractivity contribution in [2.75, 3.05) is 22.9 Å². The highest BCUT2D eigenvalue weighted by Gasteiger charge is 2.75. The fraction of sp³-hybridized carbons (Fsp3) is 0.351. The third-order valence-electron chi connectivity index (χ3n) is 10.0. The Morgan fingerprint density at radius 2 is 1.53 bits per heavy atom. The standard InChI is InChI=1S/C37H37N3O6S3/c1-24(41)19-21-47-33-32(43)39-34-36(29-18-17-26-11-7-8-14-28(26)29,23-37(39,35(44)38(33)3)48-22-20-25(2)42)30-15-9-10-16-31(30)40(34)49(45,46)27-12-5-4-6-13-27/h4-16,18,33-34H,17,19-23H2,1-3H3/t33-,34-,36-,37-/m0/s1. The average Bonchev–Trinajstić information content (AvgIpc) is 3.73. The summed E-state index contributed by atoms with van der Waals surface area (Å²) >= 11 is 2.46. The number of rotatable bonds is 11. The van der Waals surface area contributed by atoms with Crippen LogP contribution in [-0.2, 0) is 41.0 Å². The minimum absolute atomic E-state index is 0.0303. The van der Waals surface area contributed by atoms with E-state index in [1.54, 1.807) is 54.4 Å². The van der Waals surface area contributed by atoms with E-state index in [2.05, 4.69) is 12.1 Å². The molecule has 2 saturated heterocycles. The van der Waals surface area contributed by atoms with Crippen LogP contribution in [0.3, 0.4) is 0 Å². The van der Waals surface area contributed by atoms with Crippen LogP contribution in [0.5, 0.6) is 0 Å². The van der Waals surface area contributed by atoms with Crippen molar-refractivity contribution in [3.8, 4) is 0 Å². The van der Waals surface area contributed by atoms with Gasteiger partial charge in [0.25, 0.3) is 21.8 Å². The zero-order chi connectivity index (χ0) is 34.7. The first kappa shape index (κ1) is 33.6. The van der Waals surface area contributed by atoms with Crippen molar-refractivity contribution in [3.63, 3.8) is 0 Å². The van der Waals surface area contributed by atoms with Crippen molar-refractivity contribution in [1.29, 1.82) is 0 Å². The number of piperazine rings is 1. The van der Waals surface area contributed by atoms with Gasteiger partial charge in [0.05, 0.1) is 16.0 Å². The van der Waals surface area contributed by atoms with Crippen molar-refractivity contribution in [2.24, 2.45) is 0 Å². The van der Waals surface area contributed by atoms with Gasteiger partial charge in [0, 0.05) is 37.8 Å². The lowest BCUT2D eigenvalue weighted by Gasteiger charge is -2.50. The third-order valence-corrected chi connectivity index (χ3v) is 14.5. The Balaban J connectivity index is 1.51. The number of hydrogen-bond acceptors (Lipinski definition) is 8. The number of sulfonamides is 1. The molecular weight excluding hydrogens is 679 g/mol. The normalized spacial score (nSPS) is 25.5. The van der Waals surface area contributed by atoms with Crippen molar-refractivity contribution in [2.45, 2.75) is 66.3 Å². The van der Waals surface area contributed by atoms with Crippen LogP contribution in [0.25, 0.3) is 5.57 Å². The molecule has 4 atom stereocenters. The van der Waals surface area contributed by atoms with E-state index in [4.69, 9.17) is 0 Å². The van der Waals surface area contributed by atoms with E-state index in [0.717, 1.165) is 22.3 Å². The van der Waals surface area contributed by atoms with Gasteiger partial charge >= 0.3 is 0 Å². The van der Waals surface area contributed by atoms with Gasteiger partial charge in [-0.25, -0.2) is 12.7 Å². The van der Waals surface area contributed by atoms with Crippen molar-refractivity contribution in [3.05, 3.63) is 102 Å². The van der Waals surface area contributed by atoms with Gasteiger partial charge < -0.3 is 4.90 Å². The first-order valence-corrected chi connectivity index (χ1v) is 19.8. The lowest BCUT2D eigenvalue weighted by atomic mass is 9.70. The van der Waals surface area contributed by atoms with Gasteiger partial charge in [-0.3, -0.25) is 24.1 Å². The van der Waals surface area contributed by atoms with Gasteiger partial charge in [-0.1, -0.05) is 66.7 Å². The van der Waals surface area contributed by atoms with E-state index in [9.17, 15) is 22.8 Å². The zero-order valence-electron chi connectivity index (χ0n) is 27.5. The molecule has 12 heteroatoms. The number of amides is 2. The van der Waals surface area contributed by atoms with E-state index in [0.29, 0.717) is 17.9 Å². The second kappa shape index (κ2) is 12.5. The summed E-state index contributed by atoms with van der Waals surface area (Å²) in [7, 11) is -2.69. The first-order chi connectivity index (χ1) is 23.4. The van der Waals surface area contributed by atoms with Crippen LogP contribution in [0.2, 0.25) is 0 Å². The number of para-hydroxylation sites is 1. The summed E-state index contributed by atoms with van der Waals surface area (Å²) in [6, 6.07) is 23.6. The topological polar surface area (TPSA) is 112 Å². The van der Waals surface area contributed by atoms with Crippen molar-refractivity contribution < 1.29 is 27.6 Å². The molecule has 254 valence electrons. The van der Waals surface area contributed by atoms with Gasteiger partial charge in [0.15, 0.2) is 10.2 Å². The summed E-state index contributed by atoms with van der Waals surface area (Å²) in [5, 5.41) is -0.973. The van der Waals surface area contributed by atoms with E-state index in [1.165, 1.54) is 46.6 Å². The number of likely N-dealkylation sites (N-methyl/N-ethyl adjacent to an activating group) is 1. The Morgan fingerprint density at radius 1 is 0.878 bits per heavy atom. The monoisotopic (exact) mass is 715 g/mol. The molecule has 0 unspecified atom stereocenters. The molecule has 49 heavy (non-hydrogen) atoms. The molecule has 3 aromatic carbocycles. The number of nitrogens with zero attached hydrogens (tertiary/aromatic N) is 3. The molecule has 9 nitrogen and oxygen atoms in total. The average molecular weight is 716 g/mol. The Morgan fingerprint density at radius 3 is 2.27 bits per heavy atom. The zero-order valence-corrected chi connectivity index (χ0v) is 29.9. The maximum Gasteiger partial charge on any atom is 0.266 e. The Kier molecular flexibility index (Phi) is 8.56. The van der Waals surface area contributed by atoms with Crippen LogP contribution in [-0.4, -0.2) is 76.6 Å². The van der Waals surface area contributed by atoms with Gasteiger partial charge in [-0.15, -0.1) is 23.5 Å². The highest BCUT2D eigenvalue weighted by atomic mass is 32.2. The highest BCUT2D eigenvalue weighted by Crippen LogP contribution is 2.67. The third kappa shape index (κ3) is 5.08. The number of allylic oxidation sites excluding steroid dienone is 1. The molecule has 0 radical (unpaired) electrons. The Labute approximate surface area is 295 Å². The molecule has 0 spiro atoms. The van der Waals surface area contributed by atoms with Gasteiger partial charge in [0.2, 0.25) is 0 Å². The SMILES string of the molecule is CC(=O)CCS[C@H]1C(=O)N2[C@H]3N(S(=O)(=O)c4ccccc4)c4ccccc4[C@@]3(C3=CCc4ccccc43)C[C@]2(SCCC(C)=O)C(=O)N1C. The van der Waals surface area contributed by atoms with E-state index >= 15 is 4.79 Å². The molecule has 4 aliphatic rings. The number of ketones is 2. The van der Waals surface area contributed by atoms with Crippen LogP contribution in [0.15, 0.2) is 89.8 Å². The lowest BCUT2D eigenvalue weighted by Crippen LogP contribution is -2.70. The molecule has 0 N–H and O–H groups in total. The molecule has 3 aromatic rings. The fourth-order valence-electron chi connectivity index (χ4n) is 7.93. The van der Waals surface area contributed by atoms with E-state index in [1.807, 2.05) is 30.3 Å². The summed E-state index contributed by atoms with van der Waals surface area (Å²) in [5.74, 6) is -0.205.